The highest BCUT2D eigenvalue weighted by Gasteiger charge is 2.35. The topological polar surface area (TPSA) is 96.5 Å². The normalized spacial score (nSPS) is 15.0. The minimum atomic E-state index is -0.776. The van der Waals surface area contributed by atoms with Gasteiger partial charge in [0.2, 0.25) is 0 Å². The van der Waals surface area contributed by atoms with Crippen molar-refractivity contribution in [3.8, 4) is 0 Å². The molecule has 1 aliphatic rings. The van der Waals surface area contributed by atoms with Crippen LogP contribution in [0.2, 0.25) is 5.02 Å². The van der Waals surface area contributed by atoms with Crippen LogP contribution in [0.3, 0.4) is 0 Å². The van der Waals surface area contributed by atoms with Crippen molar-refractivity contribution >= 4 is 40.9 Å². The van der Waals surface area contributed by atoms with Crippen LogP contribution in [0.4, 0.5) is 16.2 Å². The average Bonchev–Trinajstić information content (AvgIpc) is 2.79. The summed E-state index contributed by atoms with van der Waals surface area (Å²) >= 11 is 6.21. The van der Waals surface area contributed by atoms with E-state index in [1.54, 1.807) is 12.1 Å². The molecule has 0 saturated heterocycles. The van der Waals surface area contributed by atoms with Gasteiger partial charge in [-0.1, -0.05) is 48.6 Å². The van der Waals surface area contributed by atoms with Crippen LogP contribution in [0.15, 0.2) is 30.3 Å². The molecule has 3 amide bonds. The molecular weight excluding hydrogens is 490 g/mol. The Kier molecular flexibility index (Phi) is 9.24. The number of anilines is 2. The Balaban J connectivity index is 1.82. The molecular formula is C29H38ClN3O4. The molecule has 1 atom stereocenters. The van der Waals surface area contributed by atoms with Crippen LogP contribution in [0, 0.1) is 26.7 Å². The summed E-state index contributed by atoms with van der Waals surface area (Å²) in [5.41, 5.74) is 3.46. The zero-order chi connectivity index (χ0) is 27.3. The lowest BCUT2D eigenvalue weighted by atomic mass is 9.83. The molecule has 0 heterocycles. The van der Waals surface area contributed by atoms with E-state index < -0.39 is 29.6 Å². The minimum absolute atomic E-state index is 0.00737. The lowest BCUT2D eigenvalue weighted by molar-refractivity contribution is -0.159. The van der Waals surface area contributed by atoms with Gasteiger partial charge in [-0.2, -0.15) is 0 Å². The van der Waals surface area contributed by atoms with E-state index in [0.29, 0.717) is 10.7 Å². The van der Waals surface area contributed by atoms with Gasteiger partial charge in [0.15, 0.2) is 0 Å². The average molecular weight is 528 g/mol. The van der Waals surface area contributed by atoms with Gasteiger partial charge in [-0.15, -0.1) is 0 Å². The fourth-order valence-electron chi connectivity index (χ4n) is 4.88. The first-order chi connectivity index (χ1) is 17.3. The van der Waals surface area contributed by atoms with Crippen molar-refractivity contribution in [2.45, 2.75) is 85.3 Å². The first-order valence-corrected chi connectivity index (χ1v) is 13.2. The van der Waals surface area contributed by atoms with Crippen molar-refractivity contribution in [2.24, 2.45) is 5.92 Å². The van der Waals surface area contributed by atoms with E-state index in [-0.39, 0.29) is 17.2 Å². The zero-order valence-electron chi connectivity index (χ0n) is 22.6. The van der Waals surface area contributed by atoms with Crippen molar-refractivity contribution < 1.29 is 19.1 Å². The van der Waals surface area contributed by atoms with E-state index in [1.807, 2.05) is 53.7 Å². The van der Waals surface area contributed by atoms with Gasteiger partial charge in [0.1, 0.15) is 11.6 Å². The highest BCUT2D eigenvalue weighted by molar-refractivity contribution is 6.31. The number of ether oxygens (including phenoxy) is 1. The lowest BCUT2D eigenvalue weighted by Gasteiger charge is -2.32. The molecule has 0 radical (unpaired) electrons. The fraction of sp³-hybridized carbons (Fsp3) is 0.483. The smallest absolute Gasteiger partial charge is 0.329 e. The summed E-state index contributed by atoms with van der Waals surface area (Å²) in [6.45, 7) is 11.3. The SMILES string of the molecule is Cc1cc(C)c(NC(=O)Nc2cc(Cl)ccc2C(=O)N[C@H](C(=O)OC(C)(C)C)C2CCCCC2)c(C)c1. The maximum absolute atomic E-state index is 13.5. The maximum atomic E-state index is 13.5. The van der Waals surface area contributed by atoms with Crippen LogP contribution >= 0.6 is 11.6 Å². The van der Waals surface area contributed by atoms with Crippen molar-refractivity contribution in [3.05, 3.63) is 57.6 Å². The van der Waals surface area contributed by atoms with Crippen LogP contribution in [0.25, 0.3) is 0 Å². The Labute approximate surface area is 224 Å². The summed E-state index contributed by atoms with van der Waals surface area (Å²) in [6.07, 6.45) is 4.81. The second kappa shape index (κ2) is 12.0. The van der Waals surface area contributed by atoms with E-state index >= 15 is 0 Å². The maximum Gasteiger partial charge on any atom is 0.329 e. The number of esters is 1. The van der Waals surface area contributed by atoms with Gasteiger partial charge in [0, 0.05) is 10.7 Å². The molecule has 37 heavy (non-hydrogen) atoms. The number of aryl methyl sites for hydroxylation is 3. The van der Waals surface area contributed by atoms with Crippen LogP contribution in [0.1, 0.15) is 79.9 Å². The summed E-state index contributed by atoms with van der Waals surface area (Å²) in [7, 11) is 0. The number of benzene rings is 2. The van der Waals surface area contributed by atoms with Crippen LogP contribution in [-0.4, -0.2) is 29.6 Å². The predicted molar refractivity (Wildman–Crippen MR) is 148 cm³/mol. The molecule has 2 aromatic carbocycles. The number of rotatable bonds is 6. The van der Waals surface area contributed by atoms with E-state index in [2.05, 4.69) is 16.0 Å². The molecule has 0 unspecified atom stereocenters. The molecule has 0 bridgehead atoms. The highest BCUT2D eigenvalue weighted by Crippen LogP contribution is 2.29. The van der Waals surface area contributed by atoms with Crippen molar-refractivity contribution in [2.75, 3.05) is 10.6 Å². The number of amides is 3. The quantitative estimate of drug-likeness (QED) is 0.355. The van der Waals surface area contributed by atoms with Gasteiger partial charge in [-0.3, -0.25) is 4.79 Å². The van der Waals surface area contributed by atoms with E-state index in [1.165, 1.54) is 6.07 Å². The van der Waals surface area contributed by atoms with Gasteiger partial charge in [-0.25, -0.2) is 9.59 Å². The first kappa shape index (κ1) is 28.5. The number of hydrogen-bond acceptors (Lipinski definition) is 4. The number of carbonyl (C=O) groups is 3. The lowest BCUT2D eigenvalue weighted by Crippen LogP contribution is -2.49. The Hall–Kier alpha value is -3.06. The van der Waals surface area contributed by atoms with Gasteiger partial charge < -0.3 is 20.7 Å². The molecule has 0 spiro atoms. The summed E-state index contributed by atoms with van der Waals surface area (Å²) in [4.78, 5) is 39.5. The molecule has 1 saturated carbocycles. The summed E-state index contributed by atoms with van der Waals surface area (Å²) in [5.74, 6) is -0.928. The first-order valence-electron chi connectivity index (χ1n) is 12.8. The van der Waals surface area contributed by atoms with E-state index in [4.69, 9.17) is 16.3 Å². The zero-order valence-corrected chi connectivity index (χ0v) is 23.3. The fourth-order valence-corrected chi connectivity index (χ4v) is 5.06. The Morgan fingerprint density at radius 2 is 1.57 bits per heavy atom. The number of carbonyl (C=O) groups excluding carboxylic acids is 3. The van der Waals surface area contributed by atoms with Crippen molar-refractivity contribution in [3.63, 3.8) is 0 Å². The molecule has 8 heteroatoms. The van der Waals surface area contributed by atoms with Crippen molar-refractivity contribution in [1.82, 2.24) is 5.32 Å². The van der Waals surface area contributed by atoms with Gasteiger partial charge in [-0.05, 0) is 89.6 Å². The van der Waals surface area contributed by atoms with Gasteiger partial charge >= 0.3 is 12.0 Å². The summed E-state index contributed by atoms with van der Waals surface area (Å²) in [6, 6.07) is 7.35. The molecule has 0 aromatic heterocycles. The minimum Gasteiger partial charge on any atom is -0.458 e. The Bertz CT molecular complexity index is 1140. The third-order valence-electron chi connectivity index (χ3n) is 6.46. The Morgan fingerprint density at radius 3 is 2.16 bits per heavy atom. The molecule has 2 aromatic rings. The van der Waals surface area contributed by atoms with E-state index in [9.17, 15) is 14.4 Å². The number of hydrogen-bond donors (Lipinski definition) is 3. The van der Waals surface area contributed by atoms with Gasteiger partial charge in [0.25, 0.3) is 5.91 Å². The Morgan fingerprint density at radius 1 is 0.946 bits per heavy atom. The second-order valence-electron chi connectivity index (χ2n) is 10.9. The van der Waals surface area contributed by atoms with Gasteiger partial charge in [0.05, 0.1) is 11.3 Å². The molecule has 200 valence electrons. The van der Waals surface area contributed by atoms with E-state index in [0.717, 1.165) is 48.8 Å². The number of halogens is 1. The third-order valence-corrected chi connectivity index (χ3v) is 6.69. The van der Waals surface area contributed by atoms with Crippen LogP contribution in [0.5, 0.6) is 0 Å². The van der Waals surface area contributed by atoms with Crippen molar-refractivity contribution in [1.29, 1.82) is 0 Å². The third kappa shape index (κ3) is 7.96. The van der Waals surface area contributed by atoms with Crippen LogP contribution in [-0.2, 0) is 9.53 Å². The largest absolute Gasteiger partial charge is 0.458 e. The molecule has 3 N–H and O–H groups in total. The summed E-state index contributed by atoms with van der Waals surface area (Å²) in [5, 5.41) is 8.91. The summed E-state index contributed by atoms with van der Waals surface area (Å²) < 4.78 is 5.65. The molecule has 0 aliphatic heterocycles. The highest BCUT2D eigenvalue weighted by atomic mass is 35.5. The molecule has 1 aliphatic carbocycles. The monoisotopic (exact) mass is 527 g/mol. The second-order valence-corrected chi connectivity index (χ2v) is 11.4. The number of nitrogens with one attached hydrogen (secondary N) is 3. The molecule has 3 rings (SSSR count). The van der Waals surface area contributed by atoms with Crippen LogP contribution < -0.4 is 16.0 Å². The number of urea groups is 1. The predicted octanol–water partition coefficient (Wildman–Crippen LogP) is 6.93. The standard InChI is InChI=1S/C29H38ClN3O4/c1-17-14-18(2)24(19(3)15-17)33-28(36)31-23-16-21(30)12-13-22(23)26(34)32-25(20-10-8-7-9-11-20)27(35)37-29(4,5)6/h12-16,20,25H,7-11H2,1-6H3,(H,32,34)(H2,31,33,36)/t25-/m0/s1. The molecule has 1 fully saturated rings. The molecule has 7 nitrogen and oxygen atoms in total.